The van der Waals surface area contributed by atoms with Crippen LogP contribution in [-0.2, 0) is 6.42 Å². The first-order chi connectivity index (χ1) is 5.38. The highest BCUT2D eigenvalue weighted by Gasteiger charge is 2.07. The van der Waals surface area contributed by atoms with E-state index in [1.807, 2.05) is 12.4 Å². The van der Waals surface area contributed by atoms with Gasteiger partial charge in [0.25, 0.3) is 0 Å². The van der Waals surface area contributed by atoms with Crippen molar-refractivity contribution in [1.82, 2.24) is 4.98 Å². The molecule has 56 valence electrons. The van der Waals surface area contributed by atoms with Crippen LogP contribution in [0.25, 0.3) is 5.57 Å². The molecule has 1 aromatic rings. The maximum Gasteiger partial charge on any atom is 0.0306 e. The normalized spacial score (nSPS) is 15.5. The summed E-state index contributed by atoms with van der Waals surface area (Å²) in [6, 6.07) is 2.10. The highest BCUT2D eigenvalue weighted by molar-refractivity contribution is 5.67. The summed E-state index contributed by atoms with van der Waals surface area (Å²) in [6.07, 6.45) is 8.46. The van der Waals surface area contributed by atoms with Crippen molar-refractivity contribution in [2.75, 3.05) is 0 Å². The summed E-state index contributed by atoms with van der Waals surface area (Å²) in [4.78, 5) is 4.11. The quantitative estimate of drug-likeness (QED) is 0.546. The van der Waals surface area contributed by atoms with E-state index in [-0.39, 0.29) is 0 Å². The highest BCUT2D eigenvalue weighted by atomic mass is 14.6. The minimum absolute atomic E-state index is 1.15. The van der Waals surface area contributed by atoms with Crippen LogP contribution in [-0.4, -0.2) is 4.98 Å². The number of hydrogen-bond donors (Lipinski definition) is 0. The van der Waals surface area contributed by atoms with Gasteiger partial charge >= 0.3 is 0 Å². The van der Waals surface area contributed by atoms with E-state index in [9.17, 15) is 0 Å². The molecule has 0 unspecified atom stereocenters. The minimum Gasteiger partial charge on any atom is -0.264 e. The predicted octanol–water partition coefficient (Wildman–Crippen LogP) is 2.43. The third kappa shape index (κ3) is 1.07. The van der Waals surface area contributed by atoms with E-state index < -0.39 is 0 Å². The molecule has 0 saturated heterocycles. The average molecular weight is 145 g/mol. The van der Waals surface area contributed by atoms with Gasteiger partial charge in [-0.3, -0.25) is 4.98 Å². The molecule has 0 atom stereocenters. The monoisotopic (exact) mass is 145 g/mol. The smallest absolute Gasteiger partial charge is 0.0306 e. The van der Waals surface area contributed by atoms with Crippen LogP contribution in [0.1, 0.15) is 24.5 Å². The lowest BCUT2D eigenvalue weighted by molar-refractivity contribution is 0.961. The molecule has 0 fully saturated rings. The molecule has 1 heteroatoms. The fourth-order valence-electron chi connectivity index (χ4n) is 1.57. The van der Waals surface area contributed by atoms with Crippen LogP contribution in [0.3, 0.4) is 0 Å². The van der Waals surface area contributed by atoms with Gasteiger partial charge in [-0.2, -0.15) is 0 Å². The van der Waals surface area contributed by atoms with Gasteiger partial charge in [0, 0.05) is 12.4 Å². The Labute approximate surface area is 66.8 Å². The fourth-order valence-corrected chi connectivity index (χ4v) is 1.57. The zero-order chi connectivity index (χ0) is 7.68. The number of fused-ring (bicyclic) bond motifs is 1. The Balaban J connectivity index is 2.56. The van der Waals surface area contributed by atoms with Crippen LogP contribution in [0.15, 0.2) is 24.5 Å². The molecule has 0 aliphatic heterocycles. The Morgan fingerprint density at radius 1 is 1.45 bits per heavy atom. The minimum atomic E-state index is 1.15. The van der Waals surface area contributed by atoms with Gasteiger partial charge in [-0.05, 0) is 42.5 Å². The van der Waals surface area contributed by atoms with Gasteiger partial charge in [0.05, 0.1) is 0 Å². The van der Waals surface area contributed by atoms with Crippen molar-refractivity contribution in [2.24, 2.45) is 0 Å². The lowest BCUT2D eigenvalue weighted by Gasteiger charge is -2.13. The van der Waals surface area contributed by atoms with E-state index in [1.54, 1.807) is 0 Å². The molecule has 0 radical (unpaired) electrons. The SMILES string of the molecule is CC1=CCCc2cnccc21. The first kappa shape index (κ1) is 6.59. The lowest BCUT2D eigenvalue weighted by Crippen LogP contribution is -1.97. The average Bonchev–Trinajstić information content (AvgIpc) is 2.06. The molecule has 0 spiro atoms. The number of rotatable bonds is 0. The molecule has 1 aliphatic rings. The largest absolute Gasteiger partial charge is 0.264 e. The number of aromatic nitrogens is 1. The number of aryl methyl sites for hydroxylation is 1. The van der Waals surface area contributed by atoms with Gasteiger partial charge in [-0.25, -0.2) is 0 Å². The van der Waals surface area contributed by atoms with Crippen molar-refractivity contribution in [1.29, 1.82) is 0 Å². The topological polar surface area (TPSA) is 12.9 Å². The molecule has 1 nitrogen and oxygen atoms in total. The summed E-state index contributed by atoms with van der Waals surface area (Å²) in [5.74, 6) is 0. The number of pyridine rings is 1. The summed E-state index contributed by atoms with van der Waals surface area (Å²) in [6.45, 7) is 2.16. The van der Waals surface area contributed by atoms with Crippen molar-refractivity contribution in [3.63, 3.8) is 0 Å². The molecule has 0 bridgehead atoms. The molecule has 2 rings (SSSR count). The molecule has 1 aromatic heterocycles. The van der Waals surface area contributed by atoms with Crippen molar-refractivity contribution in [3.05, 3.63) is 35.7 Å². The van der Waals surface area contributed by atoms with Crippen molar-refractivity contribution >= 4 is 5.57 Å². The summed E-state index contributed by atoms with van der Waals surface area (Å²) in [5.41, 5.74) is 4.17. The van der Waals surface area contributed by atoms with E-state index in [0.717, 1.165) is 6.42 Å². The number of hydrogen-bond acceptors (Lipinski definition) is 1. The van der Waals surface area contributed by atoms with E-state index in [2.05, 4.69) is 24.1 Å². The third-order valence-electron chi connectivity index (χ3n) is 2.19. The number of allylic oxidation sites excluding steroid dienone is 2. The second-order valence-corrected chi connectivity index (χ2v) is 2.96. The molecule has 1 heterocycles. The van der Waals surface area contributed by atoms with Crippen LogP contribution in [0.5, 0.6) is 0 Å². The van der Waals surface area contributed by atoms with Crippen LogP contribution in [0.4, 0.5) is 0 Å². The van der Waals surface area contributed by atoms with E-state index in [4.69, 9.17) is 0 Å². The van der Waals surface area contributed by atoms with Gasteiger partial charge in [-0.15, -0.1) is 0 Å². The maximum absolute atomic E-state index is 4.11. The molecule has 0 N–H and O–H groups in total. The Morgan fingerprint density at radius 3 is 3.18 bits per heavy atom. The van der Waals surface area contributed by atoms with Crippen LogP contribution in [0.2, 0.25) is 0 Å². The zero-order valence-electron chi connectivity index (χ0n) is 6.67. The summed E-state index contributed by atoms with van der Waals surface area (Å²) in [5, 5.41) is 0. The lowest BCUT2D eigenvalue weighted by atomic mass is 9.94. The second-order valence-electron chi connectivity index (χ2n) is 2.96. The molecular formula is C10H11N. The van der Waals surface area contributed by atoms with Gasteiger partial charge in [0.2, 0.25) is 0 Å². The van der Waals surface area contributed by atoms with E-state index >= 15 is 0 Å². The first-order valence-electron chi connectivity index (χ1n) is 3.98. The van der Waals surface area contributed by atoms with Gasteiger partial charge in [-0.1, -0.05) is 6.08 Å². The molecule has 0 aromatic carbocycles. The van der Waals surface area contributed by atoms with Gasteiger partial charge in [0.15, 0.2) is 0 Å². The predicted molar refractivity (Wildman–Crippen MR) is 46.2 cm³/mol. The van der Waals surface area contributed by atoms with Gasteiger partial charge < -0.3 is 0 Å². The standard InChI is InChI=1S/C10H11N/c1-8-3-2-4-9-7-11-6-5-10(8)9/h3,5-7H,2,4H2,1H3. The molecule has 11 heavy (non-hydrogen) atoms. The van der Waals surface area contributed by atoms with Crippen molar-refractivity contribution < 1.29 is 0 Å². The second kappa shape index (κ2) is 2.50. The highest BCUT2D eigenvalue weighted by Crippen LogP contribution is 2.24. The third-order valence-corrected chi connectivity index (χ3v) is 2.19. The summed E-state index contributed by atoms with van der Waals surface area (Å²) >= 11 is 0. The van der Waals surface area contributed by atoms with E-state index in [0.29, 0.717) is 0 Å². The maximum atomic E-state index is 4.11. The molecular weight excluding hydrogens is 134 g/mol. The molecule has 0 amide bonds. The van der Waals surface area contributed by atoms with Crippen LogP contribution < -0.4 is 0 Å². The Kier molecular flexibility index (Phi) is 1.50. The van der Waals surface area contributed by atoms with Crippen molar-refractivity contribution in [3.8, 4) is 0 Å². The first-order valence-corrected chi connectivity index (χ1v) is 3.98. The van der Waals surface area contributed by atoms with Crippen LogP contribution >= 0.6 is 0 Å². The van der Waals surface area contributed by atoms with Crippen LogP contribution in [0, 0.1) is 0 Å². The number of nitrogens with zero attached hydrogens (tertiary/aromatic N) is 1. The zero-order valence-corrected chi connectivity index (χ0v) is 6.67. The Hall–Kier alpha value is -1.11. The molecule has 0 saturated carbocycles. The van der Waals surface area contributed by atoms with E-state index in [1.165, 1.54) is 23.1 Å². The fraction of sp³-hybridized carbons (Fsp3) is 0.300. The summed E-state index contributed by atoms with van der Waals surface area (Å²) < 4.78 is 0. The van der Waals surface area contributed by atoms with Crippen molar-refractivity contribution in [2.45, 2.75) is 19.8 Å². The Bertz CT molecular complexity index is 299. The molecule has 1 aliphatic carbocycles. The Morgan fingerprint density at radius 2 is 2.36 bits per heavy atom. The summed E-state index contributed by atoms with van der Waals surface area (Å²) in [7, 11) is 0. The van der Waals surface area contributed by atoms with Gasteiger partial charge in [0.1, 0.15) is 0 Å².